The van der Waals surface area contributed by atoms with Gasteiger partial charge in [-0.2, -0.15) is 4.98 Å². The zero-order valence-corrected chi connectivity index (χ0v) is 12.0. The maximum absolute atomic E-state index is 10.9. The molecular formula is C13H13ClN2O2S. The smallest absolute Gasteiger partial charge is 0.227 e. The molecule has 0 aliphatic carbocycles. The largest absolute Gasteiger partial charge is 0.339 e. The second kappa shape index (κ2) is 6.73. The lowest BCUT2D eigenvalue weighted by molar-refractivity contribution is -0.117. The fraction of sp³-hybridized carbons (Fsp3) is 0.308. The number of hydrogen-bond donors (Lipinski definition) is 0. The predicted molar refractivity (Wildman–Crippen MR) is 74.3 cm³/mol. The highest BCUT2D eigenvalue weighted by molar-refractivity contribution is 7.98. The molecule has 100 valence electrons. The molecule has 19 heavy (non-hydrogen) atoms. The van der Waals surface area contributed by atoms with E-state index in [0.717, 1.165) is 9.92 Å². The molecule has 0 amide bonds. The SMILES string of the molecule is CC(=O)CCc1nc(CSc2ccc(Cl)cc2)no1. The number of benzene rings is 1. The number of rotatable bonds is 6. The molecule has 0 N–H and O–H groups in total. The van der Waals surface area contributed by atoms with E-state index in [2.05, 4.69) is 10.1 Å². The van der Waals surface area contributed by atoms with Crippen LogP contribution in [0.2, 0.25) is 5.02 Å². The van der Waals surface area contributed by atoms with E-state index in [-0.39, 0.29) is 5.78 Å². The molecule has 2 aromatic rings. The van der Waals surface area contributed by atoms with Gasteiger partial charge in [0.05, 0.1) is 5.75 Å². The van der Waals surface area contributed by atoms with Crippen LogP contribution in [0.1, 0.15) is 25.1 Å². The molecule has 0 aliphatic heterocycles. The minimum atomic E-state index is 0.121. The molecule has 0 atom stereocenters. The van der Waals surface area contributed by atoms with E-state index < -0.39 is 0 Å². The van der Waals surface area contributed by atoms with Crippen LogP contribution in [0.25, 0.3) is 0 Å². The van der Waals surface area contributed by atoms with Crippen molar-refractivity contribution in [3.8, 4) is 0 Å². The Labute approximate surface area is 120 Å². The Morgan fingerprint density at radius 2 is 2.11 bits per heavy atom. The van der Waals surface area contributed by atoms with Crippen molar-refractivity contribution >= 4 is 29.1 Å². The molecule has 4 nitrogen and oxygen atoms in total. The zero-order chi connectivity index (χ0) is 13.7. The van der Waals surface area contributed by atoms with E-state index >= 15 is 0 Å². The number of carbonyl (C=O) groups is 1. The van der Waals surface area contributed by atoms with Gasteiger partial charge in [0.1, 0.15) is 5.78 Å². The number of halogens is 1. The van der Waals surface area contributed by atoms with Crippen molar-refractivity contribution < 1.29 is 9.32 Å². The predicted octanol–water partition coefficient (Wildman–Crippen LogP) is 3.54. The molecular weight excluding hydrogens is 284 g/mol. The maximum atomic E-state index is 10.9. The number of Topliss-reactive ketones (excluding diaryl/α,β-unsaturated/α-hetero) is 1. The first-order valence-electron chi connectivity index (χ1n) is 5.83. The van der Waals surface area contributed by atoms with E-state index in [1.807, 2.05) is 24.3 Å². The summed E-state index contributed by atoms with van der Waals surface area (Å²) in [6, 6.07) is 7.59. The number of aryl methyl sites for hydroxylation is 1. The summed E-state index contributed by atoms with van der Waals surface area (Å²) in [5.74, 6) is 1.90. The molecule has 6 heteroatoms. The summed E-state index contributed by atoms with van der Waals surface area (Å²) in [5.41, 5.74) is 0. The van der Waals surface area contributed by atoms with E-state index in [9.17, 15) is 4.79 Å². The first kappa shape index (κ1) is 14.1. The average Bonchev–Trinajstić information content (AvgIpc) is 2.84. The summed E-state index contributed by atoms with van der Waals surface area (Å²) in [6.07, 6.45) is 0.944. The quantitative estimate of drug-likeness (QED) is 0.763. The summed E-state index contributed by atoms with van der Waals surface area (Å²) in [6.45, 7) is 1.55. The van der Waals surface area contributed by atoms with Gasteiger partial charge >= 0.3 is 0 Å². The fourth-order valence-corrected chi connectivity index (χ4v) is 2.28. The molecule has 0 unspecified atom stereocenters. The fourth-order valence-electron chi connectivity index (χ4n) is 1.41. The Hall–Kier alpha value is -1.33. The minimum Gasteiger partial charge on any atom is -0.339 e. The first-order chi connectivity index (χ1) is 9.13. The molecule has 2 rings (SSSR count). The second-order valence-electron chi connectivity index (χ2n) is 4.05. The lowest BCUT2D eigenvalue weighted by Crippen LogP contribution is -1.94. The summed E-state index contributed by atoms with van der Waals surface area (Å²) < 4.78 is 5.07. The van der Waals surface area contributed by atoms with Crippen LogP contribution in [0.15, 0.2) is 33.7 Å². The molecule has 1 heterocycles. The van der Waals surface area contributed by atoms with Crippen LogP contribution in [-0.2, 0) is 17.0 Å². The number of ketones is 1. The highest BCUT2D eigenvalue weighted by Crippen LogP contribution is 2.23. The van der Waals surface area contributed by atoms with Gasteiger partial charge in [-0.1, -0.05) is 16.8 Å². The van der Waals surface area contributed by atoms with Crippen LogP contribution >= 0.6 is 23.4 Å². The van der Waals surface area contributed by atoms with Crippen LogP contribution in [0, 0.1) is 0 Å². The third-order valence-corrected chi connectivity index (χ3v) is 3.64. The Morgan fingerprint density at radius 1 is 1.37 bits per heavy atom. The van der Waals surface area contributed by atoms with Crippen LogP contribution < -0.4 is 0 Å². The van der Waals surface area contributed by atoms with Crippen molar-refractivity contribution in [1.82, 2.24) is 10.1 Å². The lowest BCUT2D eigenvalue weighted by Gasteiger charge is -1.97. The summed E-state index contributed by atoms with van der Waals surface area (Å²) in [7, 11) is 0. The second-order valence-corrected chi connectivity index (χ2v) is 5.53. The maximum Gasteiger partial charge on any atom is 0.227 e. The third-order valence-electron chi connectivity index (χ3n) is 2.38. The Balaban J connectivity index is 1.86. The van der Waals surface area contributed by atoms with Gasteiger partial charge in [0.15, 0.2) is 5.82 Å². The van der Waals surface area contributed by atoms with Gasteiger partial charge in [-0.3, -0.25) is 0 Å². The van der Waals surface area contributed by atoms with Gasteiger partial charge < -0.3 is 9.32 Å². The van der Waals surface area contributed by atoms with E-state index in [1.165, 1.54) is 0 Å². The molecule has 0 saturated carbocycles. The summed E-state index contributed by atoms with van der Waals surface area (Å²) in [4.78, 5) is 16.2. The van der Waals surface area contributed by atoms with E-state index in [4.69, 9.17) is 16.1 Å². The average molecular weight is 297 g/mol. The summed E-state index contributed by atoms with van der Waals surface area (Å²) in [5, 5.41) is 4.60. The topological polar surface area (TPSA) is 56.0 Å². The van der Waals surface area contributed by atoms with Crippen LogP contribution in [0.4, 0.5) is 0 Å². The first-order valence-corrected chi connectivity index (χ1v) is 7.19. The van der Waals surface area contributed by atoms with Gasteiger partial charge in [0.25, 0.3) is 0 Å². The normalized spacial score (nSPS) is 10.6. The van der Waals surface area contributed by atoms with Gasteiger partial charge in [-0.05, 0) is 31.2 Å². The van der Waals surface area contributed by atoms with Crippen molar-refractivity contribution in [3.05, 3.63) is 41.0 Å². The van der Waals surface area contributed by atoms with Crippen LogP contribution in [0.5, 0.6) is 0 Å². The third kappa shape index (κ3) is 4.69. The van der Waals surface area contributed by atoms with Crippen molar-refractivity contribution in [2.45, 2.75) is 30.4 Å². The Kier molecular flexibility index (Phi) is 4.99. The van der Waals surface area contributed by atoms with Crippen molar-refractivity contribution in [2.24, 2.45) is 0 Å². The van der Waals surface area contributed by atoms with Gasteiger partial charge in [-0.15, -0.1) is 11.8 Å². The van der Waals surface area contributed by atoms with Gasteiger partial charge in [-0.25, -0.2) is 0 Å². The standard InChI is InChI=1S/C13H13ClN2O2S/c1-9(17)2-7-13-15-12(16-18-13)8-19-11-5-3-10(14)4-6-11/h3-6H,2,7-8H2,1H3. The molecule has 1 aromatic carbocycles. The zero-order valence-electron chi connectivity index (χ0n) is 10.4. The minimum absolute atomic E-state index is 0.121. The molecule has 0 radical (unpaired) electrons. The number of aromatic nitrogens is 2. The van der Waals surface area contributed by atoms with Crippen molar-refractivity contribution in [3.63, 3.8) is 0 Å². The highest BCUT2D eigenvalue weighted by Gasteiger charge is 2.07. The Morgan fingerprint density at radius 3 is 2.79 bits per heavy atom. The molecule has 1 aromatic heterocycles. The summed E-state index contributed by atoms with van der Waals surface area (Å²) >= 11 is 7.43. The molecule has 0 spiro atoms. The van der Waals surface area contributed by atoms with E-state index in [0.29, 0.717) is 30.3 Å². The highest BCUT2D eigenvalue weighted by atomic mass is 35.5. The molecule has 0 saturated heterocycles. The van der Waals surface area contributed by atoms with Gasteiger partial charge in [0.2, 0.25) is 5.89 Å². The molecule has 0 aliphatic rings. The van der Waals surface area contributed by atoms with Crippen LogP contribution in [0.3, 0.4) is 0 Å². The number of nitrogens with zero attached hydrogens (tertiary/aromatic N) is 2. The lowest BCUT2D eigenvalue weighted by atomic mass is 10.2. The van der Waals surface area contributed by atoms with Crippen LogP contribution in [-0.4, -0.2) is 15.9 Å². The van der Waals surface area contributed by atoms with E-state index in [1.54, 1.807) is 18.7 Å². The molecule has 0 bridgehead atoms. The Bertz CT molecular complexity index is 554. The molecule has 0 fully saturated rings. The van der Waals surface area contributed by atoms with Crippen molar-refractivity contribution in [2.75, 3.05) is 0 Å². The van der Waals surface area contributed by atoms with Crippen molar-refractivity contribution in [1.29, 1.82) is 0 Å². The number of thioether (sulfide) groups is 1. The monoisotopic (exact) mass is 296 g/mol. The number of hydrogen-bond acceptors (Lipinski definition) is 5. The van der Waals surface area contributed by atoms with Gasteiger partial charge in [0, 0.05) is 22.8 Å². The number of carbonyl (C=O) groups excluding carboxylic acids is 1.